The van der Waals surface area contributed by atoms with E-state index in [1.54, 1.807) is 12.1 Å². The molecular formula is C17H17NO2. The fraction of sp³-hybridized carbons (Fsp3) is 0.235. The third-order valence-electron chi connectivity index (χ3n) is 3.72. The van der Waals surface area contributed by atoms with E-state index in [1.807, 2.05) is 30.3 Å². The van der Waals surface area contributed by atoms with E-state index in [-0.39, 0.29) is 11.9 Å². The zero-order chi connectivity index (χ0) is 13.9. The number of ketones is 1. The summed E-state index contributed by atoms with van der Waals surface area (Å²) in [4.78, 5) is 12.4. The molecule has 0 aromatic heterocycles. The predicted molar refractivity (Wildman–Crippen MR) is 78.6 cm³/mol. The zero-order valence-electron chi connectivity index (χ0n) is 11.2. The van der Waals surface area contributed by atoms with Crippen molar-refractivity contribution in [3.63, 3.8) is 0 Å². The summed E-state index contributed by atoms with van der Waals surface area (Å²) in [7, 11) is 0. The molecule has 3 rings (SSSR count). The molecule has 1 aliphatic rings. The van der Waals surface area contributed by atoms with E-state index in [0.29, 0.717) is 24.3 Å². The molecule has 20 heavy (non-hydrogen) atoms. The first kappa shape index (κ1) is 12.9. The normalized spacial score (nSPS) is 17.5. The number of nitrogens with two attached hydrogens (primary N) is 1. The van der Waals surface area contributed by atoms with Crippen LogP contribution in [0.1, 0.15) is 34.0 Å². The van der Waals surface area contributed by atoms with Crippen LogP contribution in [0.5, 0.6) is 0 Å². The van der Waals surface area contributed by atoms with Crippen LogP contribution in [0.2, 0.25) is 0 Å². The SMILES string of the molecule is Nc1ccccc1C(=O)CC1OCCc2ccccc21. The largest absolute Gasteiger partial charge is 0.398 e. The van der Waals surface area contributed by atoms with Gasteiger partial charge in [0.1, 0.15) is 0 Å². The first-order chi connectivity index (χ1) is 9.75. The van der Waals surface area contributed by atoms with Crippen molar-refractivity contribution < 1.29 is 9.53 Å². The van der Waals surface area contributed by atoms with Gasteiger partial charge < -0.3 is 10.5 Å². The number of nitrogen functional groups attached to an aromatic ring is 1. The Balaban J connectivity index is 1.83. The Labute approximate surface area is 118 Å². The second-order valence-corrected chi connectivity index (χ2v) is 5.02. The molecule has 0 radical (unpaired) electrons. The average molecular weight is 267 g/mol. The van der Waals surface area contributed by atoms with Crippen LogP contribution in [0, 0.1) is 0 Å². The minimum absolute atomic E-state index is 0.0322. The molecule has 0 fully saturated rings. The lowest BCUT2D eigenvalue weighted by molar-refractivity contribution is 0.0352. The van der Waals surface area contributed by atoms with Crippen LogP contribution in [-0.4, -0.2) is 12.4 Å². The van der Waals surface area contributed by atoms with Gasteiger partial charge in [-0.3, -0.25) is 4.79 Å². The van der Waals surface area contributed by atoms with Crippen LogP contribution in [-0.2, 0) is 11.2 Å². The van der Waals surface area contributed by atoms with Crippen molar-refractivity contribution >= 4 is 11.5 Å². The van der Waals surface area contributed by atoms with Gasteiger partial charge in [-0.25, -0.2) is 0 Å². The molecule has 0 saturated heterocycles. The lowest BCUT2D eigenvalue weighted by atomic mass is 9.93. The molecule has 0 saturated carbocycles. The quantitative estimate of drug-likeness (QED) is 0.686. The fourth-order valence-corrected chi connectivity index (χ4v) is 2.68. The maximum absolute atomic E-state index is 12.4. The minimum Gasteiger partial charge on any atom is -0.398 e. The first-order valence-corrected chi connectivity index (χ1v) is 6.83. The highest BCUT2D eigenvalue weighted by Crippen LogP contribution is 2.31. The number of ether oxygens (including phenoxy) is 1. The van der Waals surface area contributed by atoms with Gasteiger partial charge in [0.2, 0.25) is 0 Å². The third-order valence-corrected chi connectivity index (χ3v) is 3.72. The number of hydrogen-bond acceptors (Lipinski definition) is 3. The molecule has 102 valence electrons. The number of fused-ring (bicyclic) bond motifs is 1. The Kier molecular flexibility index (Phi) is 3.52. The second-order valence-electron chi connectivity index (χ2n) is 5.02. The molecule has 0 bridgehead atoms. The predicted octanol–water partition coefficient (Wildman–Crippen LogP) is 3.16. The summed E-state index contributed by atoms with van der Waals surface area (Å²) in [5.41, 5.74) is 9.37. The van der Waals surface area contributed by atoms with Gasteiger partial charge in [0.05, 0.1) is 12.7 Å². The summed E-state index contributed by atoms with van der Waals surface area (Å²) in [5.74, 6) is 0.0322. The minimum atomic E-state index is -0.160. The summed E-state index contributed by atoms with van der Waals surface area (Å²) in [6, 6.07) is 15.3. The van der Waals surface area contributed by atoms with E-state index in [9.17, 15) is 4.79 Å². The molecule has 3 heteroatoms. The number of Topliss-reactive ketones (excluding diaryl/α,β-unsaturated/α-hetero) is 1. The van der Waals surface area contributed by atoms with E-state index in [2.05, 4.69) is 6.07 Å². The highest BCUT2D eigenvalue weighted by Gasteiger charge is 2.24. The highest BCUT2D eigenvalue weighted by atomic mass is 16.5. The second kappa shape index (κ2) is 5.47. The number of benzene rings is 2. The van der Waals surface area contributed by atoms with E-state index in [4.69, 9.17) is 10.5 Å². The topological polar surface area (TPSA) is 52.3 Å². The van der Waals surface area contributed by atoms with Gasteiger partial charge in [-0.15, -0.1) is 0 Å². The summed E-state index contributed by atoms with van der Waals surface area (Å²) in [6.45, 7) is 0.666. The Morgan fingerprint density at radius 1 is 1.15 bits per heavy atom. The van der Waals surface area contributed by atoms with Crippen molar-refractivity contribution in [1.82, 2.24) is 0 Å². The van der Waals surface area contributed by atoms with Crippen molar-refractivity contribution in [2.75, 3.05) is 12.3 Å². The number of rotatable bonds is 3. The molecule has 2 aromatic carbocycles. The molecule has 1 aliphatic heterocycles. The van der Waals surface area contributed by atoms with Gasteiger partial charge in [-0.1, -0.05) is 36.4 Å². The van der Waals surface area contributed by atoms with E-state index >= 15 is 0 Å². The van der Waals surface area contributed by atoms with Gasteiger partial charge in [0, 0.05) is 17.7 Å². The van der Waals surface area contributed by atoms with Crippen molar-refractivity contribution in [2.45, 2.75) is 18.9 Å². The lowest BCUT2D eigenvalue weighted by Crippen LogP contribution is -2.19. The van der Waals surface area contributed by atoms with Crippen LogP contribution in [0.25, 0.3) is 0 Å². The van der Waals surface area contributed by atoms with Crippen LogP contribution in [0.4, 0.5) is 5.69 Å². The number of anilines is 1. The molecule has 1 unspecified atom stereocenters. The Morgan fingerprint density at radius 3 is 2.75 bits per heavy atom. The highest BCUT2D eigenvalue weighted by molar-refractivity contribution is 6.01. The monoisotopic (exact) mass is 267 g/mol. The Morgan fingerprint density at radius 2 is 1.90 bits per heavy atom. The molecule has 1 atom stereocenters. The van der Waals surface area contributed by atoms with Gasteiger partial charge in [0.15, 0.2) is 5.78 Å². The fourth-order valence-electron chi connectivity index (χ4n) is 2.68. The van der Waals surface area contributed by atoms with E-state index in [1.165, 1.54) is 5.56 Å². The van der Waals surface area contributed by atoms with Gasteiger partial charge in [-0.05, 0) is 29.7 Å². The Bertz CT molecular complexity index is 636. The molecule has 0 spiro atoms. The van der Waals surface area contributed by atoms with Crippen LogP contribution < -0.4 is 5.73 Å². The average Bonchev–Trinajstić information content (AvgIpc) is 2.48. The van der Waals surface area contributed by atoms with Crippen molar-refractivity contribution in [3.8, 4) is 0 Å². The molecule has 0 aliphatic carbocycles. The summed E-state index contributed by atoms with van der Waals surface area (Å²) in [6.07, 6.45) is 1.09. The number of carbonyl (C=O) groups is 1. The van der Waals surface area contributed by atoms with Crippen LogP contribution in [0.3, 0.4) is 0 Å². The molecular weight excluding hydrogens is 250 g/mol. The van der Waals surface area contributed by atoms with Crippen LogP contribution in [0.15, 0.2) is 48.5 Å². The molecule has 3 nitrogen and oxygen atoms in total. The van der Waals surface area contributed by atoms with Gasteiger partial charge >= 0.3 is 0 Å². The number of carbonyl (C=O) groups excluding carboxylic acids is 1. The molecule has 2 aromatic rings. The standard InChI is InChI=1S/C17H17NO2/c18-15-8-4-3-7-14(15)16(19)11-17-13-6-2-1-5-12(13)9-10-20-17/h1-8,17H,9-11,18H2. The van der Waals surface area contributed by atoms with E-state index in [0.717, 1.165) is 12.0 Å². The molecule has 2 N–H and O–H groups in total. The first-order valence-electron chi connectivity index (χ1n) is 6.83. The third kappa shape index (κ3) is 2.45. The van der Waals surface area contributed by atoms with Gasteiger partial charge in [-0.2, -0.15) is 0 Å². The summed E-state index contributed by atoms with van der Waals surface area (Å²) < 4.78 is 5.77. The van der Waals surface area contributed by atoms with Crippen molar-refractivity contribution in [1.29, 1.82) is 0 Å². The summed E-state index contributed by atoms with van der Waals surface area (Å²) >= 11 is 0. The molecule has 0 amide bonds. The van der Waals surface area contributed by atoms with Crippen molar-refractivity contribution in [2.24, 2.45) is 0 Å². The maximum Gasteiger partial charge on any atom is 0.167 e. The molecule has 1 heterocycles. The smallest absolute Gasteiger partial charge is 0.167 e. The van der Waals surface area contributed by atoms with Gasteiger partial charge in [0.25, 0.3) is 0 Å². The van der Waals surface area contributed by atoms with E-state index < -0.39 is 0 Å². The maximum atomic E-state index is 12.4. The van der Waals surface area contributed by atoms with Crippen LogP contribution >= 0.6 is 0 Å². The zero-order valence-corrected chi connectivity index (χ0v) is 11.2. The number of para-hydroxylation sites is 1. The Hall–Kier alpha value is -2.13. The number of hydrogen-bond donors (Lipinski definition) is 1. The summed E-state index contributed by atoms with van der Waals surface area (Å²) in [5, 5.41) is 0. The lowest BCUT2D eigenvalue weighted by Gasteiger charge is -2.25. The van der Waals surface area contributed by atoms with Crippen molar-refractivity contribution in [3.05, 3.63) is 65.2 Å².